The molecule has 4 rings (SSSR count). The minimum Gasteiger partial charge on any atom is -0.458 e. The van der Waals surface area contributed by atoms with Crippen LogP contribution in [0.4, 0.5) is 0 Å². The lowest BCUT2D eigenvalue weighted by molar-refractivity contribution is -0.187. The number of carbonyl (C=O) groups excluding carboxylic acids is 2. The van der Waals surface area contributed by atoms with Crippen LogP contribution in [0.2, 0.25) is 18.1 Å². The van der Waals surface area contributed by atoms with E-state index in [0.29, 0.717) is 11.5 Å². The van der Waals surface area contributed by atoms with Crippen molar-refractivity contribution in [1.29, 1.82) is 0 Å². The lowest BCUT2D eigenvalue weighted by atomic mass is 9.45. The second-order valence-corrected chi connectivity index (χ2v) is 18.9. The fourth-order valence-electron chi connectivity index (χ4n) is 7.60. The second kappa shape index (κ2) is 9.60. The van der Waals surface area contributed by atoms with E-state index < -0.39 is 14.4 Å². The number of aliphatic hydroxyl groups is 1. The first-order chi connectivity index (χ1) is 17.0. The molecule has 0 spiro atoms. The van der Waals surface area contributed by atoms with Crippen molar-refractivity contribution in [3.8, 4) is 0 Å². The predicted molar refractivity (Wildman–Crippen MR) is 149 cm³/mol. The van der Waals surface area contributed by atoms with Crippen molar-refractivity contribution in [1.82, 2.24) is 0 Å². The quantitative estimate of drug-likeness (QED) is 0.347. The van der Waals surface area contributed by atoms with Gasteiger partial charge in [-0.15, -0.1) is 0 Å². The van der Waals surface area contributed by atoms with Crippen LogP contribution in [-0.4, -0.2) is 43.5 Å². The average molecular weight is 529 g/mol. The van der Waals surface area contributed by atoms with E-state index in [2.05, 4.69) is 47.7 Å². The van der Waals surface area contributed by atoms with Gasteiger partial charge < -0.3 is 14.3 Å². The van der Waals surface area contributed by atoms with Gasteiger partial charge in [-0.05, 0) is 80.1 Å². The number of benzene rings is 1. The molecule has 0 aromatic heterocycles. The predicted octanol–water partition coefficient (Wildman–Crippen LogP) is 6.71. The fourth-order valence-corrected chi connectivity index (χ4v) is 9.00. The zero-order valence-electron chi connectivity index (χ0n) is 24.4. The number of esters is 1. The smallest absolute Gasteiger partial charge is 0.338 e. The van der Waals surface area contributed by atoms with E-state index in [0.717, 1.165) is 31.2 Å². The van der Waals surface area contributed by atoms with E-state index in [1.807, 2.05) is 38.1 Å². The Morgan fingerprint density at radius 1 is 1.08 bits per heavy atom. The van der Waals surface area contributed by atoms with E-state index >= 15 is 0 Å². The Hall–Kier alpha value is -1.50. The molecule has 0 amide bonds. The lowest BCUT2D eigenvalue weighted by Gasteiger charge is -2.62. The van der Waals surface area contributed by atoms with Crippen LogP contribution >= 0.6 is 0 Å². The van der Waals surface area contributed by atoms with Crippen molar-refractivity contribution < 1.29 is 23.9 Å². The third kappa shape index (κ3) is 4.65. The number of aryl methyl sites for hydroxylation is 1. The maximum absolute atomic E-state index is 13.5. The monoisotopic (exact) mass is 528 g/mol. The Morgan fingerprint density at radius 2 is 1.68 bits per heavy atom. The Bertz CT molecular complexity index is 1030. The Kier molecular flexibility index (Phi) is 7.40. The SMILES string of the molecule is Cc1ccc(C(=O)O[C@H]2CC[C@]34CC[C@@H](C)[C@](C)([C@H]23)[C@H](O[Si](C)(C)C(C)(C)C)CC(=O)[C@@H](O)[C@@H]4C)cc1. The number of rotatable bonds is 4. The summed E-state index contributed by atoms with van der Waals surface area (Å²) in [6, 6.07) is 7.54. The Balaban J connectivity index is 1.79. The first kappa shape index (κ1) is 28.5. The van der Waals surface area contributed by atoms with Crippen molar-refractivity contribution in [3.05, 3.63) is 35.4 Å². The highest BCUT2D eigenvalue weighted by molar-refractivity contribution is 6.74. The van der Waals surface area contributed by atoms with Gasteiger partial charge in [0, 0.05) is 17.8 Å². The Morgan fingerprint density at radius 3 is 2.27 bits per heavy atom. The van der Waals surface area contributed by atoms with Crippen LogP contribution in [0.5, 0.6) is 0 Å². The molecule has 0 unspecified atom stereocenters. The zero-order chi connectivity index (χ0) is 27.6. The highest BCUT2D eigenvalue weighted by atomic mass is 28.4. The Labute approximate surface area is 224 Å². The molecule has 0 aliphatic heterocycles. The maximum Gasteiger partial charge on any atom is 0.338 e. The molecule has 2 bridgehead atoms. The molecule has 3 aliphatic carbocycles. The summed E-state index contributed by atoms with van der Waals surface area (Å²) in [6.07, 6.45) is 2.17. The number of carbonyl (C=O) groups is 2. The second-order valence-electron chi connectivity index (χ2n) is 14.1. The van der Waals surface area contributed by atoms with Crippen LogP contribution in [0.3, 0.4) is 0 Å². The largest absolute Gasteiger partial charge is 0.458 e. The van der Waals surface area contributed by atoms with Gasteiger partial charge in [-0.2, -0.15) is 0 Å². The van der Waals surface area contributed by atoms with Gasteiger partial charge in [0.25, 0.3) is 0 Å². The third-order valence-corrected chi connectivity index (χ3v) is 15.7. The van der Waals surface area contributed by atoms with Crippen LogP contribution in [-0.2, 0) is 14.0 Å². The summed E-state index contributed by atoms with van der Waals surface area (Å²) in [7, 11) is -2.23. The van der Waals surface area contributed by atoms with Crippen LogP contribution in [0.25, 0.3) is 0 Å². The molecule has 1 aromatic carbocycles. The van der Waals surface area contributed by atoms with Gasteiger partial charge >= 0.3 is 5.97 Å². The molecule has 1 N–H and O–H groups in total. The number of ether oxygens (including phenoxy) is 1. The van der Waals surface area contributed by atoms with Gasteiger partial charge in [0.1, 0.15) is 12.2 Å². The molecule has 3 fully saturated rings. The molecule has 1 aromatic rings. The van der Waals surface area contributed by atoms with Gasteiger partial charge in [-0.25, -0.2) is 4.79 Å². The maximum atomic E-state index is 13.5. The van der Waals surface area contributed by atoms with Crippen LogP contribution < -0.4 is 0 Å². The average Bonchev–Trinajstić information content (AvgIpc) is 3.19. The summed E-state index contributed by atoms with van der Waals surface area (Å²) in [4.78, 5) is 26.8. The summed E-state index contributed by atoms with van der Waals surface area (Å²) in [5.74, 6) is -0.257. The minimum atomic E-state index is -2.23. The van der Waals surface area contributed by atoms with E-state index in [4.69, 9.17) is 9.16 Å². The van der Waals surface area contributed by atoms with Crippen LogP contribution in [0, 0.1) is 35.5 Å². The number of Topliss-reactive ketones (excluding diaryl/α,β-unsaturated/α-hetero) is 1. The first-order valence-electron chi connectivity index (χ1n) is 14.2. The molecular formula is C31H48O5Si. The number of ketones is 1. The van der Waals surface area contributed by atoms with Crippen molar-refractivity contribution in [2.45, 2.75) is 117 Å². The fraction of sp³-hybridized carbons (Fsp3) is 0.742. The van der Waals surface area contributed by atoms with Crippen LogP contribution in [0.1, 0.15) is 89.6 Å². The molecule has 0 heterocycles. The van der Waals surface area contributed by atoms with Gasteiger partial charge in [0.05, 0.1) is 11.7 Å². The molecule has 3 aliphatic rings. The molecule has 0 saturated heterocycles. The van der Waals surface area contributed by atoms with Crippen molar-refractivity contribution in [2.75, 3.05) is 0 Å². The van der Waals surface area contributed by atoms with E-state index in [1.54, 1.807) is 0 Å². The molecule has 206 valence electrons. The van der Waals surface area contributed by atoms with E-state index in [1.165, 1.54) is 0 Å². The standard InChI is InChI=1S/C31H48O5Si/c1-19-10-12-22(13-11-19)28(34)35-24-15-17-31-16-14-20(2)30(7,27(24)31)25(18-23(32)26(33)21(31)3)36-37(8,9)29(4,5)6/h10-13,20-21,24-27,33H,14-18H2,1-9H3/t20-,21+,24+,25-,26+,27+,30+,31+/m1/s1. The van der Waals surface area contributed by atoms with Gasteiger partial charge in [-0.1, -0.05) is 59.2 Å². The molecular weight excluding hydrogens is 480 g/mol. The minimum absolute atomic E-state index is 0.0113. The van der Waals surface area contributed by atoms with Crippen molar-refractivity contribution in [2.24, 2.45) is 28.6 Å². The molecule has 0 radical (unpaired) electrons. The normalized spacial score (nSPS) is 38.5. The van der Waals surface area contributed by atoms with E-state index in [-0.39, 0.29) is 58.1 Å². The topological polar surface area (TPSA) is 72.8 Å². The van der Waals surface area contributed by atoms with Gasteiger partial charge in [0.2, 0.25) is 0 Å². The third-order valence-electron chi connectivity index (χ3n) is 11.2. The summed E-state index contributed by atoms with van der Waals surface area (Å²) in [5.41, 5.74) is 1.06. The summed E-state index contributed by atoms with van der Waals surface area (Å²) in [5, 5.41) is 11.3. The van der Waals surface area contributed by atoms with E-state index in [9.17, 15) is 14.7 Å². The molecule has 3 saturated carbocycles. The molecule has 37 heavy (non-hydrogen) atoms. The summed E-state index contributed by atoms with van der Waals surface area (Å²) in [6.45, 7) is 19.8. The first-order valence-corrected chi connectivity index (χ1v) is 17.1. The zero-order valence-corrected chi connectivity index (χ0v) is 25.4. The molecule has 6 heteroatoms. The van der Waals surface area contributed by atoms with Gasteiger partial charge in [-0.3, -0.25) is 4.79 Å². The van der Waals surface area contributed by atoms with Crippen molar-refractivity contribution in [3.63, 3.8) is 0 Å². The molecule has 5 nitrogen and oxygen atoms in total. The van der Waals surface area contributed by atoms with Crippen LogP contribution in [0.15, 0.2) is 24.3 Å². The summed E-state index contributed by atoms with van der Waals surface area (Å²) < 4.78 is 13.5. The van der Waals surface area contributed by atoms with Gasteiger partial charge in [0.15, 0.2) is 14.1 Å². The van der Waals surface area contributed by atoms with Crippen molar-refractivity contribution >= 4 is 20.1 Å². The highest BCUT2D eigenvalue weighted by Gasteiger charge is 2.68. The summed E-state index contributed by atoms with van der Waals surface area (Å²) >= 11 is 0. The number of hydrogen-bond donors (Lipinski definition) is 1. The lowest BCUT2D eigenvalue weighted by Crippen LogP contribution is -2.64. The number of aliphatic hydroxyl groups excluding tert-OH is 1. The number of hydrogen-bond acceptors (Lipinski definition) is 5. The highest BCUT2D eigenvalue weighted by Crippen LogP contribution is 2.68. The molecule has 8 atom stereocenters.